The number of amides is 2. The van der Waals surface area contributed by atoms with Crippen molar-refractivity contribution in [2.24, 2.45) is 7.05 Å². The van der Waals surface area contributed by atoms with Crippen LogP contribution in [0.15, 0.2) is 12.3 Å². The van der Waals surface area contributed by atoms with E-state index in [1.807, 2.05) is 0 Å². The van der Waals surface area contributed by atoms with Crippen LogP contribution in [-0.4, -0.2) is 46.0 Å². The lowest BCUT2D eigenvalue weighted by Gasteiger charge is -2.14. The molecule has 0 aliphatic heterocycles. The zero-order valence-electron chi connectivity index (χ0n) is 11.8. The largest absolute Gasteiger partial charge is 0.480 e. The minimum Gasteiger partial charge on any atom is -0.480 e. The molecular weight excluding hydrogens is 280 g/mol. The predicted molar refractivity (Wildman–Crippen MR) is 71.3 cm³/mol. The van der Waals surface area contributed by atoms with Crippen LogP contribution in [0, 0.1) is 0 Å². The summed E-state index contributed by atoms with van der Waals surface area (Å²) in [6.45, 7) is 0.177. The van der Waals surface area contributed by atoms with Crippen molar-refractivity contribution in [1.82, 2.24) is 20.4 Å². The Hall–Kier alpha value is -2.58. The summed E-state index contributed by atoms with van der Waals surface area (Å²) in [7, 11) is 2.96. The number of aromatic nitrogens is 2. The molecule has 0 fully saturated rings. The highest BCUT2D eigenvalue weighted by atomic mass is 16.5. The maximum Gasteiger partial charge on any atom is 0.326 e. The molecule has 0 unspecified atom stereocenters. The summed E-state index contributed by atoms with van der Waals surface area (Å²) in [6.07, 6.45) is 1.60. The van der Waals surface area contributed by atoms with Crippen LogP contribution in [0.25, 0.3) is 0 Å². The number of nitrogens with zero attached hydrogens (tertiary/aromatic N) is 2. The van der Waals surface area contributed by atoms with E-state index in [9.17, 15) is 14.4 Å². The van der Waals surface area contributed by atoms with E-state index in [4.69, 9.17) is 5.11 Å². The summed E-state index contributed by atoms with van der Waals surface area (Å²) in [5.41, 5.74) is 0.647. The van der Waals surface area contributed by atoms with Crippen molar-refractivity contribution in [3.8, 4) is 0 Å². The minimum absolute atomic E-state index is 0.0426. The first-order chi connectivity index (χ1) is 9.92. The molecule has 1 aromatic heterocycles. The van der Waals surface area contributed by atoms with Gasteiger partial charge in [-0.2, -0.15) is 5.10 Å². The smallest absolute Gasteiger partial charge is 0.326 e. The summed E-state index contributed by atoms with van der Waals surface area (Å²) in [5, 5.41) is 17.8. The van der Waals surface area contributed by atoms with Crippen molar-refractivity contribution in [2.45, 2.75) is 25.4 Å². The molecule has 0 aliphatic carbocycles. The Labute approximate surface area is 121 Å². The molecule has 1 heterocycles. The van der Waals surface area contributed by atoms with Crippen LogP contribution in [0.1, 0.15) is 18.5 Å². The number of hydrogen-bond acceptors (Lipinski definition) is 5. The van der Waals surface area contributed by atoms with Crippen LogP contribution in [0.3, 0.4) is 0 Å². The second-order valence-electron chi connectivity index (χ2n) is 4.31. The van der Waals surface area contributed by atoms with Gasteiger partial charge in [0.1, 0.15) is 6.04 Å². The van der Waals surface area contributed by atoms with Gasteiger partial charge in [0.2, 0.25) is 0 Å². The number of methoxy groups -OCH3 is 1. The Morgan fingerprint density at radius 2 is 2.19 bits per heavy atom. The lowest BCUT2D eigenvalue weighted by molar-refractivity contribution is -0.142. The van der Waals surface area contributed by atoms with Gasteiger partial charge in [-0.3, -0.25) is 9.48 Å². The molecule has 0 aromatic carbocycles. The summed E-state index contributed by atoms with van der Waals surface area (Å²) < 4.78 is 6.01. The van der Waals surface area contributed by atoms with Crippen LogP contribution < -0.4 is 10.6 Å². The molecule has 116 valence electrons. The van der Waals surface area contributed by atoms with Gasteiger partial charge in [-0.05, 0) is 12.5 Å². The summed E-state index contributed by atoms with van der Waals surface area (Å²) in [6, 6.07) is -0.0718. The van der Waals surface area contributed by atoms with Crippen LogP contribution in [0.2, 0.25) is 0 Å². The van der Waals surface area contributed by atoms with Gasteiger partial charge in [-0.15, -0.1) is 0 Å². The minimum atomic E-state index is -1.22. The normalized spacial score (nSPS) is 11.5. The zero-order valence-corrected chi connectivity index (χ0v) is 11.8. The third-order valence-electron chi connectivity index (χ3n) is 2.67. The fourth-order valence-corrected chi connectivity index (χ4v) is 1.56. The van der Waals surface area contributed by atoms with E-state index in [-0.39, 0.29) is 19.4 Å². The second-order valence-corrected chi connectivity index (χ2v) is 4.31. The summed E-state index contributed by atoms with van der Waals surface area (Å²) >= 11 is 0. The molecule has 1 aromatic rings. The van der Waals surface area contributed by atoms with Crippen LogP contribution in [-0.2, 0) is 27.9 Å². The average Bonchev–Trinajstić information content (AvgIpc) is 2.86. The molecule has 1 rings (SSSR count). The fraction of sp³-hybridized carbons (Fsp3) is 0.500. The number of hydrogen-bond donors (Lipinski definition) is 3. The quantitative estimate of drug-likeness (QED) is 0.590. The molecule has 9 heteroatoms. The number of aryl methyl sites for hydroxylation is 1. The van der Waals surface area contributed by atoms with Gasteiger partial charge in [-0.25, -0.2) is 9.59 Å². The zero-order chi connectivity index (χ0) is 15.8. The first-order valence-electron chi connectivity index (χ1n) is 6.25. The third kappa shape index (κ3) is 5.93. The number of carbonyl (C=O) groups is 3. The number of ether oxygens (including phenoxy) is 1. The number of rotatable bonds is 7. The first-order valence-corrected chi connectivity index (χ1v) is 6.25. The van der Waals surface area contributed by atoms with E-state index < -0.39 is 24.0 Å². The Kier molecular flexibility index (Phi) is 6.18. The molecule has 9 nitrogen and oxygen atoms in total. The van der Waals surface area contributed by atoms with E-state index in [0.29, 0.717) is 5.69 Å². The molecule has 21 heavy (non-hydrogen) atoms. The maximum absolute atomic E-state index is 11.6. The summed E-state index contributed by atoms with van der Waals surface area (Å²) in [5.74, 6) is -1.75. The van der Waals surface area contributed by atoms with Gasteiger partial charge in [-0.1, -0.05) is 0 Å². The molecule has 0 spiro atoms. The van der Waals surface area contributed by atoms with Gasteiger partial charge in [0.25, 0.3) is 0 Å². The second kappa shape index (κ2) is 7.88. The Morgan fingerprint density at radius 1 is 1.48 bits per heavy atom. The number of urea groups is 1. The molecular formula is C12H18N4O5. The lowest BCUT2D eigenvalue weighted by Crippen LogP contribution is -2.46. The number of nitrogens with one attached hydrogen (secondary N) is 2. The number of aliphatic carboxylic acids is 1. The van der Waals surface area contributed by atoms with E-state index >= 15 is 0 Å². The van der Waals surface area contributed by atoms with Gasteiger partial charge < -0.3 is 20.5 Å². The van der Waals surface area contributed by atoms with E-state index in [2.05, 4.69) is 20.5 Å². The van der Waals surface area contributed by atoms with Crippen molar-refractivity contribution in [1.29, 1.82) is 0 Å². The Bertz CT molecular complexity index is 514. The van der Waals surface area contributed by atoms with Gasteiger partial charge in [0.05, 0.1) is 19.3 Å². The summed E-state index contributed by atoms with van der Waals surface area (Å²) in [4.78, 5) is 33.6. The highest BCUT2D eigenvalue weighted by Crippen LogP contribution is 2.00. The monoisotopic (exact) mass is 298 g/mol. The highest BCUT2D eigenvalue weighted by Gasteiger charge is 2.21. The maximum atomic E-state index is 11.6. The number of carboxylic acids is 1. The van der Waals surface area contributed by atoms with E-state index in [0.717, 1.165) is 0 Å². The van der Waals surface area contributed by atoms with Gasteiger partial charge in [0.15, 0.2) is 0 Å². The molecule has 0 bridgehead atoms. The molecule has 0 aliphatic rings. The Balaban J connectivity index is 2.41. The highest BCUT2D eigenvalue weighted by molar-refractivity contribution is 5.83. The molecule has 0 radical (unpaired) electrons. The van der Waals surface area contributed by atoms with E-state index in [1.54, 1.807) is 24.0 Å². The lowest BCUT2D eigenvalue weighted by atomic mass is 10.1. The molecule has 1 atom stereocenters. The first kappa shape index (κ1) is 16.5. The average molecular weight is 298 g/mol. The number of carbonyl (C=O) groups excluding carboxylic acids is 2. The topological polar surface area (TPSA) is 123 Å². The van der Waals surface area contributed by atoms with Crippen molar-refractivity contribution >= 4 is 18.0 Å². The molecule has 0 saturated heterocycles. The van der Waals surface area contributed by atoms with E-state index in [1.165, 1.54) is 7.11 Å². The molecule has 2 amide bonds. The SMILES string of the molecule is COC(=O)CC[C@@H](NC(=O)NCc1ccn(C)n1)C(=O)O. The molecule has 0 saturated carbocycles. The van der Waals surface area contributed by atoms with Crippen molar-refractivity contribution in [2.75, 3.05) is 7.11 Å². The standard InChI is InChI=1S/C12H18N4O5/c1-16-6-5-8(15-16)7-13-12(20)14-9(11(18)19)3-4-10(17)21-2/h5-6,9H,3-4,7H2,1-2H3,(H,18,19)(H2,13,14,20)/t9-/m1/s1. The molecule has 3 N–H and O–H groups in total. The third-order valence-corrected chi connectivity index (χ3v) is 2.67. The van der Waals surface area contributed by atoms with Crippen molar-refractivity contribution < 1.29 is 24.2 Å². The number of carboxylic acid groups (broad SMARTS) is 1. The van der Waals surface area contributed by atoms with Gasteiger partial charge in [0, 0.05) is 19.7 Å². The predicted octanol–water partition coefficient (Wildman–Crippen LogP) is -0.374. The van der Waals surface area contributed by atoms with Crippen molar-refractivity contribution in [3.63, 3.8) is 0 Å². The van der Waals surface area contributed by atoms with Crippen LogP contribution in [0.4, 0.5) is 4.79 Å². The van der Waals surface area contributed by atoms with Crippen LogP contribution in [0.5, 0.6) is 0 Å². The fourth-order valence-electron chi connectivity index (χ4n) is 1.56. The van der Waals surface area contributed by atoms with Crippen molar-refractivity contribution in [3.05, 3.63) is 18.0 Å². The van der Waals surface area contributed by atoms with Gasteiger partial charge >= 0.3 is 18.0 Å². The number of esters is 1. The Morgan fingerprint density at radius 3 is 2.71 bits per heavy atom. The van der Waals surface area contributed by atoms with Crippen LogP contribution >= 0.6 is 0 Å².